The van der Waals surface area contributed by atoms with E-state index in [1.54, 1.807) is 0 Å². The third-order valence-electron chi connectivity index (χ3n) is 3.09. The van der Waals surface area contributed by atoms with E-state index in [0.29, 0.717) is 18.8 Å². The molecule has 1 atom stereocenters. The van der Waals surface area contributed by atoms with E-state index < -0.39 is 15.7 Å². The molecule has 0 aromatic carbocycles. The Morgan fingerprint density at radius 3 is 3.05 bits per heavy atom. The number of nitrogens with one attached hydrogen (secondary N) is 1. The summed E-state index contributed by atoms with van der Waals surface area (Å²) < 4.78 is 28.0. The highest BCUT2D eigenvalue weighted by molar-refractivity contribution is 7.91. The van der Waals surface area contributed by atoms with Gasteiger partial charge in [-0.3, -0.25) is 15.1 Å². The molecule has 0 aliphatic carbocycles. The van der Waals surface area contributed by atoms with Crippen LogP contribution in [0, 0.1) is 0 Å². The van der Waals surface area contributed by atoms with E-state index in [9.17, 15) is 13.2 Å². The standard InChI is InChI=1S/C10H16N4O4S/c1-7-6-19(16,17)3-2-14(7)5-8-4-9(13-18-8)10(15)12-11/h4,7H,2-3,5-6,11H2,1H3,(H,12,15). The number of carbonyl (C=O) groups is 1. The number of amides is 1. The van der Waals surface area contributed by atoms with Gasteiger partial charge in [0, 0.05) is 18.7 Å². The minimum atomic E-state index is -2.94. The lowest BCUT2D eigenvalue weighted by Gasteiger charge is -2.31. The smallest absolute Gasteiger partial charge is 0.287 e. The highest BCUT2D eigenvalue weighted by atomic mass is 32.2. The lowest BCUT2D eigenvalue weighted by Crippen LogP contribution is -2.46. The number of aromatic nitrogens is 1. The van der Waals surface area contributed by atoms with Crippen molar-refractivity contribution in [2.75, 3.05) is 18.1 Å². The van der Waals surface area contributed by atoms with Gasteiger partial charge in [0.15, 0.2) is 21.3 Å². The summed E-state index contributed by atoms with van der Waals surface area (Å²) in [5, 5.41) is 3.59. The summed E-state index contributed by atoms with van der Waals surface area (Å²) >= 11 is 0. The molecule has 0 radical (unpaired) electrons. The average molecular weight is 288 g/mol. The number of hydrazine groups is 1. The summed E-state index contributed by atoms with van der Waals surface area (Å²) in [7, 11) is -2.94. The lowest BCUT2D eigenvalue weighted by atomic mass is 10.2. The fourth-order valence-electron chi connectivity index (χ4n) is 2.04. The second-order valence-electron chi connectivity index (χ2n) is 4.59. The molecule has 106 valence electrons. The number of carbonyl (C=O) groups excluding carboxylic acids is 1. The predicted octanol–water partition coefficient (Wildman–Crippen LogP) is -1.10. The normalized spacial score (nSPS) is 23.2. The highest BCUT2D eigenvalue weighted by Crippen LogP contribution is 2.15. The second kappa shape index (κ2) is 5.27. The zero-order valence-corrected chi connectivity index (χ0v) is 11.3. The summed E-state index contributed by atoms with van der Waals surface area (Å²) in [4.78, 5) is 13.2. The van der Waals surface area contributed by atoms with Crippen LogP contribution in [0.15, 0.2) is 10.6 Å². The number of hydrogen-bond donors (Lipinski definition) is 2. The van der Waals surface area contributed by atoms with E-state index in [1.807, 2.05) is 17.2 Å². The van der Waals surface area contributed by atoms with E-state index in [4.69, 9.17) is 10.4 Å². The first-order valence-electron chi connectivity index (χ1n) is 5.82. The third kappa shape index (κ3) is 3.31. The first kappa shape index (κ1) is 14.0. The molecule has 1 aliphatic rings. The molecule has 8 nitrogen and oxygen atoms in total. The maximum atomic E-state index is 11.5. The molecule has 9 heteroatoms. The second-order valence-corrected chi connectivity index (χ2v) is 6.81. The van der Waals surface area contributed by atoms with Crippen LogP contribution in [0.25, 0.3) is 0 Å². The van der Waals surface area contributed by atoms with Gasteiger partial charge < -0.3 is 4.52 Å². The van der Waals surface area contributed by atoms with Crippen molar-refractivity contribution in [2.24, 2.45) is 5.84 Å². The third-order valence-corrected chi connectivity index (χ3v) is 4.88. The van der Waals surface area contributed by atoms with Crippen LogP contribution in [0.2, 0.25) is 0 Å². The van der Waals surface area contributed by atoms with Crippen LogP contribution < -0.4 is 11.3 Å². The van der Waals surface area contributed by atoms with Crippen molar-refractivity contribution in [3.63, 3.8) is 0 Å². The molecule has 0 saturated carbocycles. The van der Waals surface area contributed by atoms with E-state index in [1.165, 1.54) is 6.07 Å². The number of nitrogens with two attached hydrogens (primary N) is 1. The number of nitrogens with zero attached hydrogens (tertiary/aromatic N) is 2. The van der Waals surface area contributed by atoms with Crippen molar-refractivity contribution >= 4 is 15.7 Å². The number of sulfone groups is 1. The molecule has 3 N–H and O–H groups in total. The zero-order chi connectivity index (χ0) is 14.0. The minimum Gasteiger partial charge on any atom is -0.359 e. The van der Waals surface area contributed by atoms with E-state index in [-0.39, 0.29) is 23.2 Å². The van der Waals surface area contributed by atoms with E-state index in [2.05, 4.69) is 5.16 Å². The topological polar surface area (TPSA) is 119 Å². The predicted molar refractivity (Wildman–Crippen MR) is 66.7 cm³/mol. The van der Waals surface area contributed by atoms with Gasteiger partial charge in [0.2, 0.25) is 0 Å². The Balaban J connectivity index is 2.02. The molecular weight excluding hydrogens is 272 g/mol. The van der Waals surface area contributed by atoms with Crippen molar-refractivity contribution in [1.82, 2.24) is 15.5 Å². The van der Waals surface area contributed by atoms with Crippen molar-refractivity contribution < 1.29 is 17.7 Å². The molecule has 0 spiro atoms. The first-order chi connectivity index (χ1) is 8.91. The summed E-state index contributed by atoms with van der Waals surface area (Å²) in [5.74, 6) is 5.25. The maximum absolute atomic E-state index is 11.5. The fourth-order valence-corrected chi connectivity index (χ4v) is 3.66. The highest BCUT2D eigenvalue weighted by Gasteiger charge is 2.28. The molecule has 0 bridgehead atoms. The molecule has 1 aromatic rings. The van der Waals surface area contributed by atoms with Gasteiger partial charge in [-0.2, -0.15) is 0 Å². The molecule has 19 heavy (non-hydrogen) atoms. The van der Waals surface area contributed by atoms with Crippen LogP contribution in [0.5, 0.6) is 0 Å². The van der Waals surface area contributed by atoms with Crippen LogP contribution in [0.1, 0.15) is 23.2 Å². The number of hydrogen-bond acceptors (Lipinski definition) is 7. The Morgan fingerprint density at radius 2 is 2.42 bits per heavy atom. The molecular formula is C10H16N4O4S. The average Bonchev–Trinajstić information content (AvgIpc) is 2.80. The molecule has 1 saturated heterocycles. The fraction of sp³-hybridized carbons (Fsp3) is 0.600. The van der Waals surface area contributed by atoms with Gasteiger partial charge in [0.1, 0.15) is 0 Å². The van der Waals surface area contributed by atoms with Crippen LogP contribution in [0.3, 0.4) is 0 Å². The Labute approximate surface area is 110 Å². The van der Waals surface area contributed by atoms with E-state index >= 15 is 0 Å². The van der Waals surface area contributed by atoms with Gasteiger partial charge in [0.05, 0.1) is 18.1 Å². The molecule has 1 fully saturated rings. The van der Waals surface area contributed by atoms with Gasteiger partial charge in [0.25, 0.3) is 5.91 Å². The molecule has 1 aliphatic heterocycles. The van der Waals surface area contributed by atoms with E-state index in [0.717, 1.165) is 0 Å². The number of nitrogen functional groups attached to an aromatic ring is 1. The Hall–Kier alpha value is -1.45. The summed E-state index contributed by atoms with van der Waals surface area (Å²) in [6, 6.07) is 1.41. The monoisotopic (exact) mass is 288 g/mol. The lowest BCUT2D eigenvalue weighted by molar-refractivity contribution is 0.0944. The van der Waals surface area contributed by atoms with Crippen LogP contribution in [-0.2, 0) is 16.4 Å². The van der Waals surface area contributed by atoms with Crippen molar-refractivity contribution in [1.29, 1.82) is 0 Å². The molecule has 2 heterocycles. The van der Waals surface area contributed by atoms with Crippen molar-refractivity contribution in [3.8, 4) is 0 Å². The number of rotatable bonds is 3. The van der Waals surface area contributed by atoms with Crippen molar-refractivity contribution in [2.45, 2.75) is 19.5 Å². The van der Waals surface area contributed by atoms with Gasteiger partial charge in [-0.1, -0.05) is 5.16 Å². The molecule has 1 aromatic heterocycles. The van der Waals surface area contributed by atoms with Crippen molar-refractivity contribution in [3.05, 3.63) is 17.5 Å². The largest absolute Gasteiger partial charge is 0.359 e. The summed E-state index contributed by atoms with van der Waals surface area (Å²) in [6.07, 6.45) is 0. The first-order valence-corrected chi connectivity index (χ1v) is 7.64. The van der Waals surface area contributed by atoms with Gasteiger partial charge in [-0.25, -0.2) is 14.3 Å². The minimum absolute atomic E-state index is 0.0874. The van der Waals surface area contributed by atoms with Crippen LogP contribution >= 0.6 is 0 Å². The van der Waals surface area contributed by atoms with Gasteiger partial charge >= 0.3 is 0 Å². The maximum Gasteiger partial charge on any atom is 0.287 e. The van der Waals surface area contributed by atoms with Gasteiger partial charge in [-0.05, 0) is 6.92 Å². The molecule has 1 unspecified atom stereocenters. The van der Waals surface area contributed by atoms with Crippen LogP contribution in [0.4, 0.5) is 0 Å². The molecule has 2 rings (SSSR count). The Kier molecular flexibility index (Phi) is 3.88. The SMILES string of the molecule is CC1CS(=O)(=O)CCN1Cc1cc(C(=O)NN)no1. The summed E-state index contributed by atoms with van der Waals surface area (Å²) in [6.45, 7) is 2.71. The van der Waals surface area contributed by atoms with Crippen LogP contribution in [-0.4, -0.2) is 48.5 Å². The quantitative estimate of drug-likeness (QED) is 0.411. The Bertz CT molecular complexity index is 568. The van der Waals surface area contributed by atoms with Gasteiger partial charge in [-0.15, -0.1) is 0 Å². The Morgan fingerprint density at radius 1 is 1.68 bits per heavy atom. The zero-order valence-electron chi connectivity index (χ0n) is 10.5. The summed E-state index contributed by atoms with van der Waals surface area (Å²) in [5.41, 5.74) is 2.07. The molecule has 1 amide bonds.